The Bertz CT molecular complexity index is 815. The van der Waals surface area contributed by atoms with Crippen LogP contribution < -0.4 is 14.8 Å². The van der Waals surface area contributed by atoms with Gasteiger partial charge in [0.2, 0.25) is 0 Å². The highest BCUT2D eigenvalue weighted by atomic mass is 32.1. The molecule has 6 nitrogen and oxygen atoms in total. The van der Waals surface area contributed by atoms with E-state index < -0.39 is 5.97 Å². The summed E-state index contributed by atoms with van der Waals surface area (Å²) >= 11 is 1.50. The summed E-state index contributed by atoms with van der Waals surface area (Å²) in [5.41, 5.74) is 3.06. The van der Waals surface area contributed by atoms with Crippen LogP contribution in [0.2, 0.25) is 0 Å². The fourth-order valence-corrected chi connectivity index (χ4v) is 3.80. The van der Waals surface area contributed by atoms with E-state index in [4.69, 9.17) is 9.47 Å². The molecule has 1 aliphatic heterocycles. The molecule has 2 N–H and O–H groups in total. The fourth-order valence-electron chi connectivity index (χ4n) is 2.93. The van der Waals surface area contributed by atoms with Crippen molar-refractivity contribution in [2.75, 3.05) is 21.3 Å². The predicted octanol–water partition coefficient (Wildman–Crippen LogP) is 2.92. The molecule has 0 bridgehead atoms. The lowest BCUT2D eigenvalue weighted by Crippen LogP contribution is -2.35. The number of ether oxygens (including phenoxy) is 2. The van der Waals surface area contributed by atoms with Gasteiger partial charge in [-0.2, -0.15) is 11.3 Å². The number of methoxy groups -OCH3 is 2. The highest BCUT2D eigenvalue weighted by Gasteiger charge is 2.28. The van der Waals surface area contributed by atoms with Crippen LogP contribution in [0.3, 0.4) is 0 Å². The zero-order chi connectivity index (χ0) is 18.0. The van der Waals surface area contributed by atoms with Gasteiger partial charge in [-0.25, -0.2) is 4.79 Å². The number of carboxylic acids is 1. The Morgan fingerprint density at radius 3 is 2.80 bits per heavy atom. The molecule has 0 fully saturated rings. The van der Waals surface area contributed by atoms with Crippen LogP contribution in [0.5, 0.6) is 11.5 Å². The molecular weight excluding hydrogens is 340 g/mol. The molecule has 7 heteroatoms. The minimum atomic E-state index is -0.915. The van der Waals surface area contributed by atoms with Crippen molar-refractivity contribution in [1.29, 1.82) is 0 Å². The van der Waals surface area contributed by atoms with Gasteiger partial charge in [0.25, 0.3) is 0 Å². The van der Waals surface area contributed by atoms with E-state index in [0.29, 0.717) is 12.1 Å². The maximum atomic E-state index is 11.5. The van der Waals surface area contributed by atoms with Crippen molar-refractivity contribution in [3.8, 4) is 11.5 Å². The van der Waals surface area contributed by atoms with E-state index in [0.717, 1.165) is 28.2 Å². The number of hydrogen-bond acceptors (Lipinski definition) is 6. The molecule has 1 unspecified atom stereocenters. The van der Waals surface area contributed by atoms with Crippen molar-refractivity contribution in [1.82, 2.24) is 10.2 Å². The van der Waals surface area contributed by atoms with E-state index >= 15 is 0 Å². The number of benzene rings is 1. The molecule has 1 atom stereocenters. The van der Waals surface area contributed by atoms with Crippen molar-refractivity contribution in [3.63, 3.8) is 0 Å². The topological polar surface area (TPSA) is 71.0 Å². The van der Waals surface area contributed by atoms with Gasteiger partial charge in [-0.15, -0.1) is 0 Å². The van der Waals surface area contributed by atoms with Crippen molar-refractivity contribution in [2.24, 2.45) is 0 Å². The Labute approximate surface area is 150 Å². The van der Waals surface area contributed by atoms with Gasteiger partial charge >= 0.3 is 5.97 Å². The molecule has 1 aromatic heterocycles. The number of rotatable bonds is 6. The summed E-state index contributed by atoms with van der Waals surface area (Å²) < 4.78 is 10.7. The Morgan fingerprint density at radius 2 is 2.12 bits per heavy atom. The number of hydrogen-bond donors (Lipinski definition) is 2. The molecule has 1 aromatic carbocycles. The van der Waals surface area contributed by atoms with Gasteiger partial charge in [0.15, 0.2) is 0 Å². The molecule has 1 aliphatic rings. The number of fused-ring (bicyclic) bond motifs is 1. The monoisotopic (exact) mass is 360 g/mol. The third kappa shape index (κ3) is 3.33. The summed E-state index contributed by atoms with van der Waals surface area (Å²) in [7, 11) is 5.12. The van der Waals surface area contributed by atoms with Crippen LogP contribution in [0.1, 0.15) is 22.9 Å². The molecule has 0 saturated heterocycles. The second-order valence-corrected chi connectivity index (χ2v) is 6.46. The lowest BCUT2D eigenvalue weighted by atomic mass is 9.99. The van der Waals surface area contributed by atoms with Crippen LogP contribution >= 0.6 is 11.3 Å². The standard InChI is InChI=1S/C18H20N2O4S/c1-20-8-13(18(21)22)14-9-25-10-15(14)17(20)19-7-11-4-5-12(23-2)6-16(11)24-3/h4-6,8-10,17,19H,7H2,1-3H3,(H,21,22). The van der Waals surface area contributed by atoms with E-state index in [2.05, 4.69) is 5.32 Å². The van der Waals surface area contributed by atoms with Crippen LogP contribution in [0.4, 0.5) is 0 Å². The van der Waals surface area contributed by atoms with Gasteiger partial charge in [-0.1, -0.05) is 6.07 Å². The van der Waals surface area contributed by atoms with E-state index in [-0.39, 0.29) is 6.17 Å². The zero-order valence-electron chi connectivity index (χ0n) is 14.3. The Morgan fingerprint density at radius 1 is 1.32 bits per heavy atom. The summed E-state index contributed by atoms with van der Waals surface area (Å²) in [6.07, 6.45) is 1.57. The summed E-state index contributed by atoms with van der Waals surface area (Å²) in [5.74, 6) is 0.573. The smallest absolute Gasteiger partial charge is 0.337 e. The number of nitrogens with zero attached hydrogens (tertiary/aromatic N) is 1. The highest BCUT2D eigenvalue weighted by Crippen LogP contribution is 2.35. The fraction of sp³-hybridized carbons (Fsp3) is 0.278. The van der Waals surface area contributed by atoms with Gasteiger partial charge in [0.1, 0.15) is 17.7 Å². The first-order valence-electron chi connectivity index (χ1n) is 7.73. The predicted molar refractivity (Wildman–Crippen MR) is 96.8 cm³/mol. The Balaban J connectivity index is 1.82. The number of carboxylic acid groups (broad SMARTS) is 1. The normalized spacial score (nSPS) is 16.2. The Hall–Kier alpha value is -2.51. The molecule has 2 heterocycles. The lowest BCUT2D eigenvalue weighted by molar-refractivity contribution is -0.130. The molecule has 0 aliphatic carbocycles. The molecule has 0 spiro atoms. The third-order valence-electron chi connectivity index (χ3n) is 4.23. The van der Waals surface area contributed by atoms with E-state index in [1.807, 2.05) is 40.9 Å². The first-order valence-corrected chi connectivity index (χ1v) is 8.67. The summed E-state index contributed by atoms with van der Waals surface area (Å²) in [5, 5.41) is 16.7. The summed E-state index contributed by atoms with van der Waals surface area (Å²) in [6.45, 7) is 0.577. The van der Waals surface area contributed by atoms with Gasteiger partial charge in [0.05, 0.1) is 19.8 Å². The van der Waals surface area contributed by atoms with Crippen molar-refractivity contribution < 1.29 is 19.4 Å². The zero-order valence-corrected chi connectivity index (χ0v) is 15.1. The van der Waals surface area contributed by atoms with E-state index in [1.165, 1.54) is 11.3 Å². The van der Waals surface area contributed by atoms with Crippen LogP contribution in [0, 0.1) is 0 Å². The van der Waals surface area contributed by atoms with Crippen LogP contribution in [-0.2, 0) is 11.3 Å². The molecule has 25 heavy (non-hydrogen) atoms. The maximum Gasteiger partial charge on any atom is 0.337 e. The van der Waals surface area contributed by atoms with Crippen molar-refractivity contribution in [3.05, 3.63) is 51.8 Å². The first-order chi connectivity index (χ1) is 12.0. The van der Waals surface area contributed by atoms with Crippen LogP contribution in [-0.4, -0.2) is 37.2 Å². The quantitative estimate of drug-likeness (QED) is 0.825. The number of aliphatic carboxylic acids is 1. The average molecular weight is 360 g/mol. The second kappa shape index (κ2) is 7.16. The molecule has 0 saturated carbocycles. The minimum Gasteiger partial charge on any atom is -0.497 e. The van der Waals surface area contributed by atoms with E-state index in [9.17, 15) is 9.90 Å². The Kier molecular flexibility index (Phi) is 4.96. The summed E-state index contributed by atoms with van der Waals surface area (Å²) in [6, 6.07) is 5.70. The SMILES string of the molecule is COc1ccc(CNC2c3cscc3C(C(=O)O)=CN2C)c(OC)c1. The van der Waals surface area contributed by atoms with Gasteiger partial charge < -0.3 is 19.5 Å². The van der Waals surface area contributed by atoms with E-state index in [1.54, 1.807) is 20.4 Å². The number of thiophene rings is 1. The van der Waals surface area contributed by atoms with Crippen molar-refractivity contribution >= 4 is 22.9 Å². The average Bonchev–Trinajstić information content (AvgIpc) is 3.09. The number of carbonyl (C=O) groups is 1. The first kappa shape index (κ1) is 17.3. The second-order valence-electron chi connectivity index (χ2n) is 5.72. The molecule has 0 amide bonds. The molecule has 2 aromatic rings. The molecule has 0 radical (unpaired) electrons. The van der Waals surface area contributed by atoms with Gasteiger partial charge in [-0.05, 0) is 16.8 Å². The lowest BCUT2D eigenvalue weighted by Gasteiger charge is -2.32. The minimum absolute atomic E-state index is 0.101. The number of nitrogens with one attached hydrogen (secondary N) is 1. The molecule has 132 valence electrons. The largest absolute Gasteiger partial charge is 0.497 e. The third-order valence-corrected chi connectivity index (χ3v) is 4.99. The maximum absolute atomic E-state index is 11.5. The van der Waals surface area contributed by atoms with Crippen LogP contribution in [0.15, 0.2) is 35.2 Å². The highest BCUT2D eigenvalue weighted by molar-refractivity contribution is 7.08. The summed E-state index contributed by atoms with van der Waals surface area (Å²) in [4.78, 5) is 13.3. The molecule has 3 rings (SSSR count). The van der Waals surface area contributed by atoms with Gasteiger partial charge in [-0.3, -0.25) is 5.32 Å². The molecular formula is C18H20N2O4S. The van der Waals surface area contributed by atoms with Crippen LogP contribution in [0.25, 0.3) is 5.57 Å². The van der Waals surface area contributed by atoms with Crippen molar-refractivity contribution in [2.45, 2.75) is 12.7 Å². The van der Waals surface area contributed by atoms with Gasteiger partial charge in [0, 0.05) is 42.5 Å².